The van der Waals surface area contributed by atoms with Crippen LogP contribution >= 0.6 is 0 Å². The Morgan fingerprint density at radius 2 is 2.31 bits per heavy atom. The number of hydrogen-bond acceptors (Lipinski definition) is 3. The highest BCUT2D eigenvalue weighted by atomic mass is 16.5. The summed E-state index contributed by atoms with van der Waals surface area (Å²) in [5, 5.41) is 12.1. The van der Waals surface area contributed by atoms with Gasteiger partial charge in [-0.2, -0.15) is 0 Å². The fourth-order valence-corrected chi connectivity index (χ4v) is 1.59. The van der Waals surface area contributed by atoms with Crippen molar-refractivity contribution in [1.82, 2.24) is 5.32 Å². The third-order valence-electron chi connectivity index (χ3n) is 2.50. The van der Waals surface area contributed by atoms with Crippen LogP contribution in [-0.4, -0.2) is 37.0 Å². The van der Waals surface area contributed by atoms with E-state index in [2.05, 4.69) is 12.2 Å². The van der Waals surface area contributed by atoms with E-state index < -0.39 is 0 Å². The molecule has 0 spiro atoms. The molecule has 0 aromatic rings. The zero-order valence-electron chi connectivity index (χ0n) is 8.62. The number of aliphatic hydroxyl groups excluding tert-OH is 1. The smallest absolute Gasteiger partial charge is 0.0704 e. The van der Waals surface area contributed by atoms with Crippen LogP contribution < -0.4 is 5.32 Å². The maximum atomic E-state index is 8.80. The summed E-state index contributed by atoms with van der Waals surface area (Å²) in [4.78, 5) is 0. The van der Waals surface area contributed by atoms with Gasteiger partial charge in [-0.05, 0) is 32.2 Å². The van der Waals surface area contributed by atoms with Gasteiger partial charge >= 0.3 is 0 Å². The van der Waals surface area contributed by atoms with Gasteiger partial charge in [0, 0.05) is 13.2 Å². The Hall–Kier alpha value is -0.120. The van der Waals surface area contributed by atoms with E-state index in [1.165, 1.54) is 12.8 Å². The predicted molar refractivity (Wildman–Crippen MR) is 52.7 cm³/mol. The predicted octanol–water partition coefficient (Wildman–Crippen LogP) is 0.772. The first-order valence-corrected chi connectivity index (χ1v) is 5.19. The van der Waals surface area contributed by atoms with Gasteiger partial charge in [-0.15, -0.1) is 0 Å². The first-order chi connectivity index (χ1) is 6.22. The molecule has 1 heterocycles. The van der Waals surface area contributed by atoms with E-state index in [-0.39, 0.29) is 6.61 Å². The molecule has 0 aromatic carbocycles. The van der Waals surface area contributed by atoms with Crippen molar-refractivity contribution >= 4 is 0 Å². The summed E-state index contributed by atoms with van der Waals surface area (Å²) in [5.74, 6) is 0.346. The summed E-state index contributed by atoms with van der Waals surface area (Å²) in [6.07, 6.45) is 3.17. The molecule has 1 aliphatic rings. The van der Waals surface area contributed by atoms with Gasteiger partial charge in [-0.25, -0.2) is 0 Å². The highest BCUT2D eigenvalue weighted by Gasteiger charge is 2.20. The van der Waals surface area contributed by atoms with E-state index in [0.29, 0.717) is 18.1 Å². The van der Waals surface area contributed by atoms with Gasteiger partial charge in [-0.3, -0.25) is 0 Å². The number of rotatable bonds is 5. The van der Waals surface area contributed by atoms with E-state index in [9.17, 15) is 0 Å². The average Bonchev–Trinajstić information content (AvgIpc) is 2.51. The van der Waals surface area contributed by atoms with E-state index in [1.807, 2.05) is 6.92 Å². The summed E-state index contributed by atoms with van der Waals surface area (Å²) in [6.45, 7) is 6.22. The summed E-state index contributed by atoms with van der Waals surface area (Å²) in [7, 11) is 0. The molecule has 0 saturated carbocycles. The quantitative estimate of drug-likeness (QED) is 0.668. The van der Waals surface area contributed by atoms with Gasteiger partial charge in [0.1, 0.15) is 0 Å². The van der Waals surface area contributed by atoms with Crippen molar-refractivity contribution in [1.29, 1.82) is 0 Å². The lowest BCUT2D eigenvalue weighted by Gasteiger charge is -2.14. The van der Waals surface area contributed by atoms with E-state index in [0.717, 1.165) is 13.1 Å². The second-order valence-corrected chi connectivity index (χ2v) is 4.09. The summed E-state index contributed by atoms with van der Waals surface area (Å²) >= 11 is 0. The largest absolute Gasteiger partial charge is 0.396 e. The van der Waals surface area contributed by atoms with Gasteiger partial charge in [0.15, 0.2) is 0 Å². The van der Waals surface area contributed by atoms with Gasteiger partial charge in [-0.1, -0.05) is 6.92 Å². The van der Waals surface area contributed by atoms with E-state index in [4.69, 9.17) is 9.84 Å². The fourth-order valence-electron chi connectivity index (χ4n) is 1.59. The van der Waals surface area contributed by atoms with E-state index >= 15 is 0 Å². The van der Waals surface area contributed by atoms with Crippen LogP contribution in [-0.2, 0) is 4.74 Å². The summed E-state index contributed by atoms with van der Waals surface area (Å²) < 4.78 is 5.65. The average molecular weight is 187 g/mol. The van der Waals surface area contributed by atoms with Crippen LogP contribution in [0.25, 0.3) is 0 Å². The zero-order valence-corrected chi connectivity index (χ0v) is 8.62. The van der Waals surface area contributed by atoms with Gasteiger partial charge in [0.25, 0.3) is 0 Å². The summed E-state index contributed by atoms with van der Waals surface area (Å²) in [5.41, 5.74) is 0. The molecule has 0 aliphatic carbocycles. The Labute approximate surface area is 80.5 Å². The van der Waals surface area contributed by atoms with Crippen molar-refractivity contribution in [2.24, 2.45) is 5.92 Å². The van der Waals surface area contributed by atoms with E-state index in [1.54, 1.807) is 0 Å². The van der Waals surface area contributed by atoms with Gasteiger partial charge in [0.2, 0.25) is 0 Å². The lowest BCUT2D eigenvalue weighted by atomic mass is 10.2. The monoisotopic (exact) mass is 187 g/mol. The minimum atomic E-state index is 0.259. The molecule has 0 amide bonds. The van der Waals surface area contributed by atoms with Crippen molar-refractivity contribution in [3.05, 3.63) is 0 Å². The normalized spacial score (nSPS) is 30.7. The van der Waals surface area contributed by atoms with Crippen LogP contribution in [0.1, 0.15) is 26.7 Å². The minimum absolute atomic E-state index is 0.259. The Bertz CT molecular complexity index is 141. The Morgan fingerprint density at radius 1 is 1.54 bits per heavy atom. The van der Waals surface area contributed by atoms with Crippen molar-refractivity contribution in [2.45, 2.75) is 38.9 Å². The number of ether oxygens (including phenoxy) is 1. The number of hydrogen-bond donors (Lipinski definition) is 2. The Kier molecular flexibility index (Phi) is 4.70. The zero-order chi connectivity index (χ0) is 9.68. The molecular weight excluding hydrogens is 166 g/mol. The van der Waals surface area contributed by atoms with Crippen LogP contribution in [0.4, 0.5) is 0 Å². The Morgan fingerprint density at radius 3 is 2.85 bits per heavy atom. The Balaban J connectivity index is 2.00. The molecule has 1 fully saturated rings. The van der Waals surface area contributed by atoms with Crippen LogP contribution in [0.2, 0.25) is 0 Å². The lowest BCUT2D eigenvalue weighted by molar-refractivity contribution is 0.0551. The molecular formula is C10H21NO2. The molecule has 1 saturated heterocycles. The first-order valence-electron chi connectivity index (χ1n) is 5.19. The summed E-state index contributed by atoms with van der Waals surface area (Å²) in [6, 6.07) is 0. The molecule has 0 bridgehead atoms. The molecule has 0 aromatic heterocycles. The molecule has 78 valence electrons. The van der Waals surface area contributed by atoms with Crippen molar-refractivity contribution < 1.29 is 9.84 Å². The molecule has 1 rings (SSSR count). The van der Waals surface area contributed by atoms with Crippen molar-refractivity contribution in [3.8, 4) is 0 Å². The van der Waals surface area contributed by atoms with Crippen LogP contribution in [0.15, 0.2) is 0 Å². The van der Waals surface area contributed by atoms with Gasteiger partial charge in [0.05, 0.1) is 12.2 Å². The van der Waals surface area contributed by atoms with Gasteiger partial charge < -0.3 is 15.2 Å². The SMILES string of the molecule is CC(CO)CNCC1CCC(C)O1. The van der Waals surface area contributed by atoms with Crippen LogP contribution in [0, 0.1) is 5.92 Å². The second-order valence-electron chi connectivity index (χ2n) is 4.09. The van der Waals surface area contributed by atoms with Crippen molar-refractivity contribution in [2.75, 3.05) is 19.7 Å². The highest BCUT2D eigenvalue weighted by Crippen LogP contribution is 2.17. The molecule has 3 heteroatoms. The van der Waals surface area contributed by atoms with Crippen LogP contribution in [0.5, 0.6) is 0 Å². The maximum Gasteiger partial charge on any atom is 0.0704 e. The third-order valence-corrected chi connectivity index (χ3v) is 2.50. The van der Waals surface area contributed by atoms with Crippen LogP contribution in [0.3, 0.4) is 0 Å². The molecule has 0 radical (unpaired) electrons. The number of nitrogens with one attached hydrogen (secondary N) is 1. The minimum Gasteiger partial charge on any atom is -0.396 e. The van der Waals surface area contributed by atoms with Crippen molar-refractivity contribution in [3.63, 3.8) is 0 Å². The third kappa shape index (κ3) is 4.07. The molecule has 3 nitrogen and oxygen atoms in total. The first kappa shape index (κ1) is 11.0. The lowest BCUT2D eigenvalue weighted by Crippen LogP contribution is -2.31. The molecule has 1 aliphatic heterocycles. The number of aliphatic hydroxyl groups is 1. The fraction of sp³-hybridized carbons (Fsp3) is 1.00. The highest BCUT2D eigenvalue weighted by molar-refractivity contribution is 4.72. The standard InChI is InChI=1S/C10H21NO2/c1-8(7-12)5-11-6-10-4-3-9(2)13-10/h8-12H,3-7H2,1-2H3. The molecule has 3 atom stereocenters. The molecule has 3 unspecified atom stereocenters. The molecule has 13 heavy (non-hydrogen) atoms. The maximum absolute atomic E-state index is 8.80. The molecule has 2 N–H and O–H groups in total. The topological polar surface area (TPSA) is 41.5 Å². The second kappa shape index (κ2) is 5.58.